The Kier molecular flexibility index (Phi) is 4.33. The quantitative estimate of drug-likeness (QED) is 0.619. The topological polar surface area (TPSA) is 100 Å². The van der Waals surface area contributed by atoms with Crippen LogP contribution in [-0.2, 0) is 0 Å². The summed E-state index contributed by atoms with van der Waals surface area (Å²) in [5.41, 5.74) is 0.628. The second kappa shape index (κ2) is 6.95. The van der Waals surface area contributed by atoms with E-state index < -0.39 is 11.5 Å². The molecule has 4 rings (SSSR count). The fraction of sp³-hybridized carbons (Fsp3) is 0.150. The van der Waals surface area contributed by atoms with Gasteiger partial charge in [-0.25, -0.2) is 9.59 Å². The first-order valence-corrected chi connectivity index (χ1v) is 8.60. The van der Waals surface area contributed by atoms with E-state index in [9.17, 15) is 14.4 Å². The Bertz CT molecular complexity index is 1090. The summed E-state index contributed by atoms with van der Waals surface area (Å²) in [7, 11) is 0. The Morgan fingerprint density at radius 2 is 1.67 bits per heavy atom. The lowest BCUT2D eigenvalue weighted by Gasteiger charge is -2.09. The van der Waals surface area contributed by atoms with E-state index in [1.54, 1.807) is 48.5 Å². The van der Waals surface area contributed by atoms with Crippen molar-refractivity contribution in [2.45, 2.75) is 18.9 Å². The molecule has 1 saturated carbocycles. The zero-order chi connectivity index (χ0) is 18.8. The number of urea groups is 1. The fourth-order valence-electron chi connectivity index (χ4n) is 2.67. The third-order valence-corrected chi connectivity index (χ3v) is 4.18. The van der Waals surface area contributed by atoms with Crippen LogP contribution in [0.1, 0.15) is 23.2 Å². The summed E-state index contributed by atoms with van der Waals surface area (Å²) < 4.78 is 5.19. The molecule has 0 spiro atoms. The Hall–Kier alpha value is -3.61. The average molecular weight is 363 g/mol. The van der Waals surface area contributed by atoms with E-state index >= 15 is 0 Å². The average Bonchev–Trinajstić information content (AvgIpc) is 3.45. The van der Waals surface area contributed by atoms with Crippen LogP contribution in [0.5, 0.6) is 0 Å². The van der Waals surface area contributed by atoms with Crippen LogP contribution in [0.15, 0.2) is 63.8 Å². The highest BCUT2D eigenvalue weighted by Gasteiger charge is 2.23. The van der Waals surface area contributed by atoms with Crippen molar-refractivity contribution in [3.63, 3.8) is 0 Å². The van der Waals surface area contributed by atoms with Gasteiger partial charge in [0, 0.05) is 22.8 Å². The number of para-hydroxylation sites is 1. The van der Waals surface area contributed by atoms with Crippen LogP contribution in [0.4, 0.5) is 16.2 Å². The predicted molar refractivity (Wildman–Crippen MR) is 102 cm³/mol. The van der Waals surface area contributed by atoms with E-state index in [0.717, 1.165) is 12.8 Å². The van der Waals surface area contributed by atoms with E-state index in [4.69, 9.17) is 4.42 Å². The summed E-state index contributed by atoms with van der Waals surface area (Å²) in [5, 5.41) is 8.86. The van der Waals surface area contributed by atoms with Crippen LogP contribution in [0.25, 0.3) is 11.0 Å². The smallest absolute Gasteiger partial charge is 0.349 e. The highest BCUT2D eigenvalue weighted by Crippen LogP contribution is 2.20. The van der Waals surface area contributed by atoms with Crippen LogP contribution in [0, 0.1) is 0 Å². The lowest BCUT2D eigenvalue weighted by Crippen LogP contribution is -2.30. The number of fused-ring (bicyclic) bond motifs is 1. The number of benzene rings is 2. The second-order valence-electron chi connectivity index (χ2n) is 6.39. The summed E-state index contributed by atoms with van der Waals surface area (Å²) in [6, 6.07) is 15.2. The number of anilines is 2. The van der Waals surface area contributed by atoms with Crippen LogP contribution in [0.3, 0.4) is 0 Å². The van der Waals surface area contributed by atoms with Gasteiger partial charge in [0.15, 0.2) is 0 Å². The summed E-state index contributed by atoms with van der Waals surface area (Å²) in [6.07, 6.45) is 2.00. The number of amides is 3. The van der Waals surface area contributed by atoms with E-state index in [1.807, 2.05) is 0 Å². The molecule has 0 atom stereocenters. The molecule has 1 aliphatic rings. The summed E-state index contributed by atoms with van der Waals surface area (Å²) in [5.74, 6) is -0.575. The van der Waals surface area contributed by atoms with Gasteiger partial charge < -0.3 is 20.4 Å². The van der Waals surface area contributed by atoms with Crippen molar-refractivity contribution in [3.8, 4) is 0 Å². The molecule has 1 heterocycles. The minimum atomic E-state index is -0.704. The second-order valence-corrected chi connectivity index (χ2v) is 6.39. The van der Waals surface area contributed by atoms with Gasteiger partial charge in [0.1, 0.15) is 11.1 Å². The number of carbonyl (C=O) groups is 2. The van der Waals surface area contributed by atoms with Crippen LogP contribution < -0.4 is 21.6 Å². The number of nitrogens with one attached hydrogen (secondary N) is 3. The van der Waals surface area contributed by atoms with Crippen LogP contribution >= 0.6 is 0 Å². The van der Waals surface area contributed by atoms with Gasteiger partial charge in [-0.15, -0.1) is 0 Å². The SMILES string of the molecule is O=C(Nc1cccc(NC(=O)c2cc3ccccc3oc2=O)c1)NC1CC1. The summed E-state index contributed by atoms with van der Waals surface area (Å²) in [4.78, 5) is 36.4. The zero-order valence-electron chi connectivity index (χ0n) is 14.3. The number of hydrogen-bond donors (Lipinski definition) is 3. The van der Waals surface area contributed by atoms with Crippen molar-refractivity contribution in [1.29, 1.82) is 0 Å². The van der Waals surface area contributed by atoms with Gasteiger partial charge in [-0.2, -0.15) is 0 Å². The van der Waals surface area contributed by atoms with E-state index in [-0.39, 0.29) is 17.6 Å². The summed E-state index contributed by atoms with van der Waals surface area (Å²) in [6.45, 7) is 0. The third-order valence-electron chi connectivity index (χ3n) is 4.18. The molecule has 27 heavy (non-hydrogen) atoms. The summed E-state index contributed by atoms with van der Waals surface area (Å²) >= 11 is 0. The van der Waals surface area contributed by atoms with Gasteiger partial charge in [-0.1, -0.05) is 24.3 Å². The maximum Gasteiger partial charge on any atom is 0.349 e. The monoisotopic (exact) mass is 363 g/mol. The Morgan fingerprint density at radius 1 is 0.926 bits per heavy atom. The standard InChI is InChI=1S/C20H17N3O4/c24-18(16-10-12-4-1-2-7-17(12)27-19(16)25)21-14-5-3-6-15(11-14)23-20(26)22-13-8-9-13/h1-7,10-11,13H,8-9H2,(H,21,24)(H2,22,23,26). The van der Waals surface area contributed by atoms with E-state index in [1.165, 1.54) is 6.07 Å². The first kappa shape index (κ1) is 16.8. The molecule has 0 radical (unpaired) electrons. The number of carbonyl (C=O) groups excluding carboxylic acids is 2. The molecule has 2 aromatic carbocycles. The predicted octanol–water partition coefficient (Wildman–Crippen LogP) is 3.33. The van der Waals surface area contributed by atoms with Crippen molar-refractivity contribution in [2.24, 2.45) is 0 Å². The van der Waals surface area contributed by atoms with E-state index in [0.29, 0.717) is 22.3 Å². The van der Waals surface area contributed by atoms with Crippen molar-refractivity contribution in [2.75, 3.05) is 10.6 Å². The van der Waals surface area contributed by atoms with Crippen molar-refractivity contribution in [3.05, 3.63) is 70.6 Å². The zero-order valence-corrected chi connectivity index (χ0v) is 14.3. The largest absolute Gasteiger partial charge is 0.422 e. The van der Waals surface area contributed by atoms with Gasteiger partial charge in [-0.05, 0) is 43.2 Å². The normalized spacial score (nSPS) is 13.2. The highest BCUT2D eigenvalue weighted by atomic mass is 16.4. The molecule has 1 aliphatic carbocycles. The molecule has 3 aromatic rings. The van der Waals surface area contributed by atoms with Gasteiger partial charge in [0.2, 0.25) is 0 Å². The molecule has 1 fully saturated rings. The molecule has 1 aromatic heterocycles. The Balaban J connectivity index is 1.51. The molecule has 7 nitrogen and oxygen atoms in total. The van der Waals surface area contributed by atoms with Gasteiger partial charge in [0.25, 0.3) is 5.91 Å². The highest BCUT2D eigenvalue weighted by molar-refractivity contribution is 6.05. The molecule has 7 heteroatoms. The van der Waals surface area contributed by atoms with Gasteiger partial charge >= 0.3 is 11.7 Å². The lowest BCUT2D eigenvalue weighted by atomic mass is 10.1. The molecule has 0 aliphatic heterocycles. The lowest BCUT2D eigenvalue weighted by molar-refractivity contribution is 0.102. The van der Waals surface area contributed by atoms with Crippen molar-refractivity contribution < 1.29 is 14.0 Å². The van der Waals surface area contributed by atoms with Gasteiger partial charge in [-0.3, -0.25) is 4.79 Å². The Morgan fingerprint density at radius 3 is 2.44 bits per heavy atom. The van der Waals surface area contributed by atoms with Crippen molar-refractivity contribution >= 4 is 34.3 Å². The maximum absolute atomic E-state index is 12.5. The first-order chi connectivity index (χ1) is 13.1. The molecular formula is C20H17N3O4. The molecular weight excluding hydrogens is 346 g/mol. The Labute approximate surface area is 154 Å². The third kappa shape index (κ3) is 3.98. The van der Waals surface area contributed by atoms with Crippen LogP contribution in [0.2, 0.25) is 0 Å². The van der Waals surface area contributed by atoms with Crippen LogP contribution in [-0.4, -0.2) is 18.0 Å². The number of hydrogen-bond acceptors (Lipinski definition) is 4. The van der Waals surface area contributed by atoms with E-state index in [2.05, 4.69) is 16.0 Å². The minimum absolute atomic E-state index is 0.0847. The molecule has 3 N–H and O–H groups in total. The minimum Gasteiger partial charge on any atom is -0.422 e. The number of rotatable bonds is 4. The molecule has 0 bridgehead atoms. The fourth-order valence-corrected chi connectivity index (χ4v) is 2.67. The van der Waals surface area contributed by atoms with Crippen molar-refractivity contribution in [1.82, 2.24) is 5.32 Å². The first-order valence-electron chi connectivity index (χ1n) is 8.60. The molecule has 3 amide bonds. The maximum atomic E-state index is 12.5. The molecule has 0 saturated heterocycles. The molecule has 0 unspecified atom stereocenters. The molecule has 136 valence electrons. The van der Waals surface area contributed by atoms with Gasteiger partial charge in [0.05, 0.1) is 0 Å².